The van der Waals surface area contributed by atoms with Gasteiger partial charge in [-0.3, -0.25) is 0 Å². The highest BCUT2D eigenvalue weighted by Crippen LogP contribution is 2.28. The molecule has 4 aromatic rings. The number of aliphatic hydroxyl groups excluding tert-OH is 2. The fourth-order valence-corrected chi connectivity index (χ4v) is 4.04. The Bertz CT molecular complexity index is 1280. The fourth-order valence-electron chi connectivity index (χ4n) is 4.04. The number of benzene rings is 2. The minimum atomic E-state index is -0.00361. The van der Waals surface area contributed by atoms with Gasteiger partial charge in [0.05, 0.1) is 27.4 Å². The van der Waals surface area contributed by atoms with E-state index in [1.54, 1.807) is 14.2 Å². The van der Waals surface area contributed by atoms with Gasteiger partial charge in [-0.15, -0.1) is 0 Å². The summed E-state index contributed by atoms with van der Waals surface area (Å²) in [6, 6.07) is 16.1. The van der Waals surface area contributed by atoms with Crippen molar-refractivity contribution >= 4 is 22.7 Å². The first-order valence-electron chi connectivity index (χ1n) is 13.9. The van der Waals surface area contributed by atoms with Crippen molar-refractivity contribution in [2.75, 3.05) is 64.4 Å². The maximum Gasteiger partial charge on any atom is 0.319 e. The van der Waals surface area contributed by atoms with E-state index in [-0.39, 0.29) is 38.4 Å². The van der Waals surface area contributed by atoms with Crippen LogP contribution in [0.1, 0.15) is 24.0 Å². The van der Waals surface area contributed by atoms with Crippen LogP contribution >= 0.6 is 0 Å². The minimum Gasteiger partial charge on any atom is -0.497 e. The van der Waals surface area contributed by atoms with Crippen molar-refractivity contribution in [2.45, 2.75) is 25.7 Å². The molecule has 2 heterocycles. The second-order valence-corrected chi connectivity index (χ2v) is 9.31. The van der Waals surface area contributed by atoms with Gasteiger partial charge in [0.25, 0.3) is 0 Å². The first-order valence-corrected chi connectivity index (χ1v) is 13.9. The highest BCUT2D eigenvalue weighted by atomic mass is 16.5. The molecule has 0 aliphatic heterocycles. The third-order valence-electron chi connectivity index (χ3n) is 6.30. The smallest absolute Gasteiger partial charge is 0.319 e. The van der Waals surface area contributed by atoms with Crippen molar-refractivity contribution in [3.05, 3.63) is 59.7 Å². The Morgan fingerprint density at radius 3 is 1.36 bits per heavy atom. The first-order chi connectivity index (χ1) is 20.6. The molecule has 0 atom stereocenters. The molecular formula is C30H38N6O6. The molecule has 0 aliphatic rings. The summed E-state index contributed by atoms with van der Waals surface area (Å²) < 4.78 is 22.0. The van der Waals surface area contributed by atoms with Crippen LogP contribution in [0.4, 0.5) is 11.6 Å². The molecule has 12 nitrogen and oxygen atoms in total. The van der Waals surface area contributed by atoms with E-state index >= 15 is 0 Å². The maximum atomic E-state index is 9.20. The number of rotatable bonds is 18. The Kier molecular flexibility index (Phi) is 11.7. The van der Waals surface area contributed by atoms with E-state index in [2.05, 4.69) is 30.6 Å². The van der Waals surface area contributed by atoms with Gasteiger partial charge < -0.3 is 39.8 Å². The molecule has 0 saturated heterocycles. The lowest BCUT2D eigenvalue weighted by atomic mass is 10.1. The van der Waals surface area contributed by atoms with Crippen LogP contribution in [-0.4, -0.2) is 83.9 Å². The molecule has 0 radical (unpaired) electrons. The maximum absolute atomic E-state index is 9.20. The summed E-state index contributed by atoms with van der Waals surface area (Å²) in [5.41, 5.74) is 3.20. The van der Waals surface area contributed by atoms with E-state index in [1.165, 1.54) is 0 Å². The molecule has 0 saturated carbocycles. The number of fused-ring (bicyclic) bond motifs is 1. The molecule has 42 heavy (non-hydrogen) atoms. The average molecular weight is 579 g/mol. The van der Waals surface area contributed by atoms with Gasteiger partial charge in [-0.05, 0) is 48.2 Å². The Balaban J connectivity index is 1.60. The molecule has 0 aliphatic carbocycles. The van der Waals surface area contributed by atoms with Gasteiger partial charge in [-0.2, -0.15) is 19.9 Å². The number of nitrogens with one attached hydrogen (secondary N) is 2. The summed E-state index contributed by atoms with van der Waals surface area (Å²) in [7, 11) is 3.28. The minimum absolute atomic E-state index is 0.00361. The average Bonchev–Trinajstić information content (AvgIpc) is 3.02. The molecule has 0 fully saturated rings. The van der Waals surface area contributed by atoms with Crippen LogP contribution in [0.5, 0.6) is 23.5 Å². The fraction of sp³-hybridized carbons (Fsp3) is 0.400. The van der Waals surface area contributed by atoms with Crippen molar-refractivity contribution in [1.82, 2.24) is 19.9 Å². The molecule has 4 N–H and O–H groups in total. The lowest BCUT2D eigenvalue weighted by molar-refractivity contribution is 0.223. The number of hydrogen-bond acceptors (Lipinski definition) is 12. The van der Waals surface area contributed by atoms with Crippen molar-refractivity contribution in [1.29, 1.82) is 0 Å². The van der Waals surface area contributed by atoms with Gasteiger partial charge in [0.1, 0.15) is 22.5 Å². The van der Waals surface area contributed by atoms with Crippen molar-refractivity contribution in [3.8, 4) is 23.5 Å². The Hall–Kier alpha value is -4.42. The SMILES string of the molecule is COc1ccc(CCNc2nc(OCCCO)nc3c(NCCc4ccc(OC)cc4)nc(OCCCO)nc23)cc1. The van der Waals surface area contributed by atoms with Gasteiger partial charge in [-0.1, -0.05) is 24.3 Å². The second-order valence-electron chi connectivity index (χ2n) is 9.31. The number of aliphatic hydroxyl groups is 2. The standard InChI is InChI=1S/C30H38N6O6/c1-39-23-9-5-21(6-10-23)13-15-31-27-25-26(34-29(35-27)41-19-3-17-37)28(36-30(33-25)42-20-4-18-38)32-16-14-22-7-11-24(40-2)12-8-22/h5-12,37-38H,3-4,13-20H2,1-2H3,(H,31,34,35)(H,32,33,36). The van der Waals surface area contributed by atoms with E-state index < -0.39 is 0 Å². The van der Waals surface area contributed by atoms with Crippen LogP contribution in [0.3, 0.4) is 0 Å². The summed E-state index contributed by atoms with van der Waals surface area (Å²) in [4.78, 5) is 18.4. The third-order valence-corrected chi connectivity index (χ3v) is 6.30. The van der Waals surface area contributed by atoms with Crippen molar-refractivity contribution in [3.63, 3.8) is 0 Å². The molecule has 0 amide bonds. The molecule has 12 heteroatoms. The zero-order valence-electron chi connectivity index (χ0n) is 24.0. The Morgan fingerprint density at radius 2 is 1.00 bits per heavy atom. The predicted molar refractivity (Wildman–Crippen MR) is 160 cm³/mol. The van der Waals surface area contributed by atoms with Gasteiger partial charge in [-0.25, -0.2) is 0 Å². The largest absolute Gasteiger partial charge is 0.497 e. The number of hydrogen-bond donors (Lipinski definition) is 4. The molecular weight excluding hydrogens is 540 g/mol. The molecule has 0 unspecified atom stereocenters. The third kappa shape index (κ3) is 8.79. The molecule has 2 aromatic heterocycles. The summed E-state index contributed by atoms with van der Waals surface area (Å²) in [5, 5.41) is 25.2. The van der Waals surface area contributed by atoms with Crippen LogP contribution in [0.15, 0.2) is 48.5 Å². The van der Waals surface area contributed by atoms with Gasteiger partial charge in [0.2, 0.25) is 0 Å². The summed E-state index contributed by atoms with van der Waals surface area (Å²) in [6.45, 7) is 1.65. The van der Waals surface area contributed by atoms with Crippen molar-refractivity contribution < 1.29 is 29.2 Å². The van der Waals surface area contributed by atoms with Crippen LogP contribution in [-0.2, 0) is 12.8 Å². The highest BCUT2D eigenvalue weighted by molar-refractivity contribution is 5.93. The van der Waals surface area contributed by atoms with Crippen molar-refractivity contribution in [2.24, 2.45) is 0 Å². The summed E-state index contributed by atoms with van der Waals surface area (Å²) in [6.07, 6.45) is 2.35. The van der Waals surface area contributed by atoms with E-state index in [0.717, 1.165) is 35.5 Å². The topological polar surface area (TPSA) is 153 Å². The van der Waals surface area contributed by atoms with Crippen LogP contribution in [0.25, 0.3) is 11.0 Å². The number of nitrogens with zero attached hydrogens (tertiary/aromatic N) is 4. The highest BCUT2D eigenvalue weighted by Gasteiger charge is 2.18. The normalized spacial score (nSPS) is 10.9. The van der Waals surface area contributed by atoms with Gasteiger partial charge in [0.15, 0.2) is 11.6 Å². The number of ether oxygens (including phenoxy) is 4. The molecule has 224 valence electrons. The zero-order chi connectivity index (χ0) is 29.6. The quantitative estimate of drug-likeness (QED) is 0.128. The lowest BCUT2D eigenvalue weighted by Crippen LogP contribution is -2.14. The number of methoxy groups -OCH3 is 2. The zero-order valence-corrected chi connectivity index (χ0v) is 24.0. The molecule has 2 aromatic carbocycles. The van der Waals surface area contributed by atoms with E-state index in [0.29, 0.717) is 48.6 Å². The van der Waals surface area contributed by atoms with Crippen LogP contribution < -0.4 is 29.6 Å². The molecule has 0 bridgehead atoms. The number of aromatic nitrogens is 4. The summed E-state index contributed by atoms with van der Waals surface area (Å²) >= 11 is 0. The van der Waals surface area contributed by atoms with Crippen LogP contribution in [0, 0.1) is 0 Å². The molecule has 0 spiro atoms. The first kappa shape index (κ1) is 30.5. The van der Waals surface area contributed by atoms with E-state index in [1.807, 2.05) is 48.5 Å². The van der Waals surface area contributed by atoms with E-state index in [4.69, 9.17) is 18.9 Å². The predicted octanol–water partition coefficient (Wildman–Crippen LogP) is 3.27. The lowest BCUT2D eigenvalue weighted by Gasteiger charge is -2.15. The second kappa shape index (κ2) is 16.1. The van der Waals surface area contributed by atoms with Gasteiger partial charge in [0, 0.05) is 39.1 Å². The van der Waals surface area contributed by atoms with Crippen LogP contribution in [0.2, 0.25) is 0 Å². The Labute approximate surface area is 245 Å². The van der Waals surface area contributed by atoms with Gasteiger partial charge >= 0.3 is 12.0 Å². The van der Waals surface area contributed by atoms with E-state index in [9.17, 15) is 10.2 Å². The Morgan fingerprint density at radius 1 is 0.595 bits per heavy atom. The monoisotopic (exact) mass is 578 g/mol. The summed E-state index contributed by atoms with van der Waals surface area (Å²) in [5.74, 6) is 2.55. The number of anilines is 2. The molecule has 4 rings (SSSR count).